The van der Waals surface area contributed by atoms with Crippen LogP contribution in [0, 0.1) is 5.82 Å². The summed E-state index contributed by atoms with van der Waals surface area (Å²) < 4.78 is 13.1. The summed E-state index contributed by atoms with van der Waals surface area (Å²) in [6, 6.07) is 8.50. The van der Waals surface area contributed by atoms with Gasteiger partial charge in [0.15, 0.2) is 5.16 Å². The number of aliphatic hydroxyl groups excluding tert-OH is 1. The molecule has 0 amide bonds. The number of hydrogen-bond donors (Lipinski definition) is 1. The number of rotatable bonds is 8. The van der Waals surface area contributed by atoms with Crippen molar-refractivity contribution in [2.24, 2.45) is 0 Å². The van der Waals surface area contributed by atoms with Gasteiger partial charge < -0.3 is 5.11 Å². The van der Waals surface area contributed by atoms with Crippen LogP contribution in [0.25, 0.3) is 10.6 Å². The van der Waals surface area contributed by atoms with Crippen molar-refractivity contribution in [3.8, 4) is 10.6 Å². The molecule has 1 aromatic carbocycles. The molecule has 8 heteroatoms. The number of aliphatic hydroxyl groups is 1. The minimum absolute atomic E-state index is 0.0696. The molecule has 2 heterocycles. The Kier molecular flexibility index (Phi) is 11.4. The summed E-state index contributed by atoms with van der Waals surface area (Å²) in [4.78, 5) is 10.8. The number of unbranched alkanes of at least 4 members (excludes halogenated alkanes) is 1. The third kappa shape index (κ3) is 7.67. The molecule has 0 atom stereocenters. The van der Waals surface area contributed by atoms with Crippen LogP contribution in [0.3, 0.4) is 0 Å². The fourth-order valence-corrected chi connectivity index (χ4v) is 4.67. The topological polar surface area (TPSA) is 46.0 Å². The van der Waals surface area contributed by atoms with Crippen LogP contribution in [0.2, 0.25) is 10.1 Å². The van der Waals surface area contributed by atoms with E-state index in [0.29, 0.717) is 28.7 Å². The molecular weight excluding hydrogens is 434 g/mol. The molecule has 1 N–H and O–H groups in total. The Morgan fingerprint density at radius 2 is 2.00 bits per heavy atom. The Hall–Kier alpha value is -0.873. The third-order valence-electron chi connectivity index (χ3n) is 4.40. The van der Waals surface area contributed by atoms with E-state index >= 15 is 0 Å². The first-order valence-electron chi connectivity index (χ1n) is 10.1. The average Bonchev–Trinajstić information content (AvgIpc) is 3.13. The van der Waals surface area contributed by atoms with Crippen molar-refractivity contribution in [3.63, 3.8) is 0 Å². The monoisotopic (exact) mass is 458 g/mol. The van der Waals surface area contributed by atoms with Gasteiger partial charge in [0.05, 0.1) is 16.1 Å². The van der Waals surface area contributed by atoms with Crippen LogP contribution in [0.1, 0.15) is 35.8 Å². The number of thiophene rings is 1. The Morgan fingerprint density at radius 1 is 1.27 bits per heavy atom. The minimum atomic E-state index is -0.247. The summed E-state index contributed by atoms with van der Waals surface area (Å²) in [5.41, 5.74) is 2.79. The molecule has 30 heavy (non-hydrogen) atoms. The van der Waals surface area contributed by atoms with E-state index in [1.807, 2.05) is 12.3 Å². The molecule has 0 radical (unpaired) electrons. The van der Waals surface area contributed by atoms with Crippen molar-refractivity contribution >= 4 is 52.4 Å². The summed E-state index contributed by atoms with van der Waals surface area (Å²) in [6.07, 6.45) is 7.50. The van der Waals surface area contributed by atoms with Crippen LogP contribution in [-0.2, 0) is 12.8 Å². The SMILES string of the molecule is CSc1ncc(Cl)c(-c2cc(CCO)c(Cc3ccc(F)cc3)s2)n1.[Li][CH2]CCC. The van der Waals surface area contributed by atoms with Crippen LogP contribution in [0.4, 0.5) is 4.39 Å². The van der Waals surface area contributed by atoms with Gasteiger partial charge in [0.2, 0.25) is 0 Å². The van der Waals surface area contributed by atoms with Crippen molar-refractivity contribution in [2.75, 3.05) is 12.9 Å². The van der Waals surface area contributed by atoms with Crippen LogP contribution in [0.5, 0.6) is 0 Å². The fraction of sp³-hybridized carbons (Fsp3) is 0.364. The van der Waals surface area contributed by atoms with Crippen molar-refractivity contribution < 1.29 is 9.50 Å². The molecule has 3 rings (SSSR count). The maximum absolute atomic E-state index is 13.1. The molecule has 3 aromatic rings. The summed E-state index contributed by atoms with van der Waals surface area (Å²) >= 11 is 11.6. The van der Waals surface area contributed by atoms with Gasteiger partial charge in [-0.1, -0.05) is 35.5 Å². The number of hydrogen-bond acceptors (Lipinski definition) is 5. The van der Waals surface area contributed by atoms with Crippen LogP contribution < -0.4 is 0 Å². The van der Waals surface area contributed by atoms with Gasteiger partial charge in [-0.05, 0) is 42.0 Å². The third-order valence-corrected chi connectivity index (χ3v) is 6.42. The van der Waals surface area contributed by atoms with E-state index < -0.39 is 0 Å². The molecule has 0 aliphatic heterocycles. The Morgan fingerprint density at radius 3 is 2.57 bits per heavy atom. The molecular formula is C22H25ClFLiN2OS2. The molecule has 0 bridgehead atoms. The van der Waals surface area contributed by atoms with Gasteiger partial charge in [-0.15, -0.1) is 11.3 Å². The van der Waals surface area contributed by atoms with E-state index in [1.54, 1.807) is 29.7 Å². The van der Waals surface area contributed by atoms with Crippen LogP contribution in [-0.4, -0.2) is 45.7 Å². The van der Waals surface area contributed by atoms with Crippen molar-refractivity contribution in [2.45, 2.75) is 42.9 Å². The first kappa shape index (κ1) is 25.4. The van der Waals surface area contributed by atoms with E-state index in [0.717, 1.165) is 20.9 Å². The Balaban J connectivity index is 0.000000575. The first-order chi connectivity index (χ1) is 14.5. The number of aromatic nitrogens is 2. The van der Waals surface area contributed by atoms with Gasteiger partial charge in [-0.25, -0.2) is 14.4 Å². The zero-order valence-electron chi connectivity index (χ0n) is 17.6. The molecule has 0 saturated carbocycles. The van der Waals surface area contributed by atoms with Gasteiger partial charge in [-0.2, -0.15) is 0 Å². The van der Waals surface area contributed by atoms with E-state index in [1.165, 1.54) is 41.8 Å². The molecule has 3 nitrogen and oxygen atoms in total. The quantitative estimate of drug-likeness (QED) is 0.247. The summed E-state index contributed by atoms with van der Waals surface area (Å²) in [7, 11) is 0. The van der Waals surface area contributed by atoms with E-state index in [4.69, 9.17) is 11.6 Å². The van der Waals surface area contributed by atoms with Gasteiger partial charge in [0, 0.05) is 17.9 Å². The van der Waals surface area contributed by atoms with Crippen molar-refractivity contribution in [1.82, 2.24) is 9.97 Å². The predicted molar refractivity (Wildman–Crippen MR) is 128 cm³/mol. The average molecular weight is 459 g/mol. The molecule has 0 aliphatic carbocycles. The molecule has 156 valence electrons. The number of thioether (sulfide) groups is 1. The first-order valence-corrected chi connectivity index (χ1v) is 12.5. The molecule has 0 saturated heterocycles. The second-order valence-electron chi connectivity index (χ2n) is 6.74. The molecule has 0 fully saturated rings. The van der Waals surface area contributed by atoms with E-state index in [2.05, 4.69) is 34.6 Å². The number of halogens is 2. The van der Waals surface area contributed by atoms with Gasteiger partial charge in [0.1, 0.15) is 11.5 Å². The summed E-state index contributed by atoms with van der Waals surface area (Å²) in [5, 5.41) is 11.9. The van der Waals surface area contributed by atoms with Crippen LogP contribution >= 0.6 is 34.7 Å². The predicted octanol–water partition coefficient (Wildman–Crippen LogP) is 6.22. The maximum atomic E-state index is 13.1. The molecule has 0 aliphatic rings. The molecule has 0 spiro atoms. The summed E-state index contributed by atoms with van der Waals surface area (Å²) in [5.74, 6) is -0.247. The van der Waals surface area contributed by atoms with Crippen LogP contribution in [0.15, 0.2) is 41.7 Å². The zero-order chi connectivity index (χ0) is 21.9. The van der Waals surface area contributed by atoms with Crippen molar-refractivity contribution in [3.05, 3.63) is 63.4 Å². The molecule has 2 aromatic heterocycles. The standard InChI is InChI=1S/C18H16ClFN2OS2.C4H9.Li/c1-24-18-21-10-14(19)17(22-18)16-9-12(6-7-23)15(25-16)8-11-2-4-13(20)5-3-11;1-3-4-2;/h2-5,9-10,23H,6-8H2,1H3;1,3-4H2,2H3;. The summed E-state index contributed by atoms with van der Waals surface area (Å²) in [6.45, 7) is 2.28. The van der Waals surface area contributed by atoms with Gasteiger partial charge >= 0.3 is 42.6 Å². The van der Waals surface area contributed by atoms with E-state index in [9.17, 15) is 9.50 Å². The number of nitrogens with zero attached hydrogens (tertiary/aromatic N) is 2. The fourth-order valence-electron chi connectivity index (χ4n) is 2.83. The molecule has 0 unspecified atom stereocenters. The second kappa shape index (κ2) is 13.5. The van der Waals surface area contributed by atoms with Crippen molar-refractivity contribution in [1.29, 1.82) is 0 Å². The van der Waals surface area contributed by atoms with Gasteiger partial charge in [0.25, 0.3) is 0 Å². The van der Waals surface area contributed by atoms with Gasteiger partial charge in [-0.3, -0.25) is 0 Å². The second-order valence-corrected chi connectivity index (χ2v) is 9.06. The van der Waals surface area contributed by atoms with E-state index in [-0.39, 0.29) is 12.4 Å². The Labute approximate surface area is 200 Å². The number of benzene rings is 1. The Bertz CT molecular complexity index is 920. The zero-order valence-corrected chi connectivity index (χ0v) is 20.0. The normalized spacial score (nSPS) is 10.6.